The van der Waals surface area contributed by atoms with Crippen molar-refractivity contribution in [3.05, 3.63) is 52.8 Å². The van der Waals surface area contributed by atoms with Crippen LogP contribution in [0.5, 0.6) is 5.75 Å². The van der Waals surface area contributed by atoms with Crippen molar-refractivity contribution in [2.24, 2.45) is 0 Å². The first kappa shape index (κ1) is 13.4. The quantitative estimate of drug-likeness (QED) is 0.854. The number of phenolic OH excluding ortho intramolecular Hbond substituents is 1. The van der Waals surface area contributed by atoms with Gasteiger partial charge in [-0.25, -0.2) is 9.18 Å². The van der Waals surface area contributed by atoms with E-state index in [-0.39, 0.29) is 16.3 Å². The smallest absolute Gasteiger partial charge is 0.340 e. The van der Waals surface area contributed by atoms with E-state index in [9.17, 15) is 14.3 Å². The maximum Gasteiger partial charge on any atom is 0.340 e. The van der Waals surface area contributed by atoms with Gasteiger partial charge in [0.05, 0.1) is 17.7 Å². The van der Waals surface area contributed by atoms with Crippen LogP contribution in [-0.2, 0) is 4.74 Å². The number of carbonyl (C=O) groups excluding carboxylic acids is 1. The third-order valence-corrected chi connectivity index (χ3v) is 2.96. The van der Waals surface area contributed by atoms with E-state index in [4.69, 9.17) is 11.6 Å². The van der Waals surface area contributed by atoms with Crippen LogP contribution in [0.15, 0.2) is 36.4 Å². The molecule has 1 N–H and O–H groups in total. The third kappa shape index (κ3) is 2.69. The first-order valence-corrected chi connectivity index (χ1v) is 5.77. The van der Waals surface area contributed by atoms with Gasteiger partial charge < -0.3 is 9.84 Å². The molecule has 0 aromatic heterocycles. The van der Waals surface area contributed by atoms with E-state index < -0.39 is 11.8 Å². The molecular weight excluding hydrogens is 271 g/mol. The lowest BCUT2D eigenvalue weighted by Gasteiger charge is -2.06. The standard InChI is InChI=1S/C14H10ClFO3/c1-19-14(18)10-4-2-9(7-12(10)16)8-3-5-13(17)11(15)6-8/h2-7,17H,1H3. The molecule has 0 spiro atoms. The predicted molar refractivity (Wildman–Crippen MR) is 69.9 cm³/mol. The van der Waals surface area contributed by atoms with Crippen LogP contribution in [0.2, 0.25) is 5.02 Å². The third-order valence-electron chi connectivity index (χ3n) is 2.66. The van der Waals surface area contributed by atoms with E-state index in [1.165, 1.54) is 31.4 Å². The van der Waals surface area contributed by atoms with Crippen molar-refractivity contribution >= 4 is 17.6 Å². The Morgan fingerprint density at radius 3 is 2.42 bits per heavy atom. The number of aromatic hydroxyl groups is 1. The summed E-state index contributed by atoms with van der Waals surface area (Å²) in [6, 6.07) is 8.69. The molecule has 0 saturated carbocycles. The number of methoxy groups -OCH3 is 1. The summed E-state index contributed by atoms with van der Waals surface area (Å²) in [5.74, 6) is -1.45. The Morgan fingerprint density at radius 2 is 1.84 bits per heavy atom. The van der Waals surface area contributed by atoms with Crippen molar-refractivity contribution in [3.8, 4) is 16.9 Å². The average Bonchev–Trinajstić information content (AvgIpc) is 2.41. The largest absolute Gasteiger partial charge is 0.506 e. The molecule has 0 bridgehead atoms. The van der Waals surface area contributed by atoms with Gasteiger partial charge in [-0.05, 0) is 35.4 Å². The Labute approximate surface area is 114 Å². The lowest BCUT2D eigenvalue weighted by molar-refractivity contribution is 0.0595. The van der Waals surface area contributed by atoms with Crippen LogP contribution < -0.4 is 0 Å². The van der Waals surface area contributed by atoms with E-state index in [1.54, 1.807) is 12.1 Å². The van der Waals surface area contributed by atoms with Crippen LogP contribution >= 0.6 is 11.6 Å². The summed E-state index contributed by atoms with van der Waals surface area (Å²) >= 11 is 5.79. The second kappa shape index (κ2) is 5.28. The van der Waals surface area contributed by atoms with Gasteiger partial charge in [-0.2, -0.15) is 0 Å². The monoisotopic (exact) mass is 280 g/mol. The predicted octanol–water partition coefficient (Wildman–Crippen LogP) is 3.64. The number of hydrogen-bond acceptors (Lipinski definition) is 3. The molecule has 98 valence electrons. The molecule has 2 rings (SSSR count). The minimum absolute atomic E-state index is 0.0444. The van der Waals surface area contributed by atoms with Gasteiger partial charge in [0.25, 0.3) is 0 Å². The summed E-state index contributed by atoms with van der Waals surface area (Å²) in [4.78, 5) is 11.3. The molecule has 0 radical (unpaired) electrons. The van der Waals surface area contributed by atoms with E-state index in [2.05, 4.69) is 4.74 Å². The maximum absolute atomic E-state index is 13.8. The first-order valence-electron chi connectivity index (χ1n) is 5.39. The van der Waals surface area contributed by atoms with Crippen LogP contribution in [0, 0.1) is 5.82 Å². The van der Waals surface area contributed by atoms with Gasteiger partial charge in [0.1, 0.15) is 11.6 Å². The zero-order chi connectivity index (χ0) is 14.0. The van der Waals surface area contributed by atoms with Crippen LogP contribution in [0.1, 0.15) is 10.4 Å². The second-order valence-corrected chi connectivity index (χ2v) is 4.26. The second-order valence-electron chi connectivity index (χ2n) is 3.85. The van der Waals surface area contributed by atoms with Gasteiger partial charge in [0.15, 0.2) is 0 Å². The SMILES string of the molecule is COC(=O)c1ccc(-c2ccc(O)c(Cl)c2)cc1F. The van der Waals surface area contributed by atoms with Crippen molar-refractivity contribution in [3.63, 3.8) is 0 Å². The summed E-state index contributed by atoms with van der Waals surface area (Å²) in [6.07, 6.45) is 0. The number of esters is 1. The van der Waals surface area contributed by atoms with Crippen molar-refractivity contribution in [1.82, 2.24) is 0 Å². The van der Waals surface area contributed by atoms with Gasteiger partial charge in [0, 0.05) is 0 Å². The molecule has 0 aliphatic rings. The molecule has 0 heterocycles. The fourth-order valence-corrected chi connectivity index (χ4v) is 1.84. The van der Waals surface area contributed by atoms with Crippen molar-refractivity contribution in [1.29, 1.82) is 0 Å². The van der Waals surface area contributed by atoms with Gasteiger partial charge in [-0.3, -0.25) is 0 Å². The number of halogens is 2. The van der Waals surface area contributed by atoms with Crippen molar-refractivity contribution < 1.29 is 19.0 Å². The molecule has 0 saturated heterocycles. The van der Waals surface area contributed by atoms with E-state index in [0.29, 0.717) is 11.1 Å². The summed E-state index contributed by atoms with van der Waals surface area (Å²) in [5, 5.41) is 9.50. The molecule has 0 aliphatic heterocycles. The highest BCUT2D eigenvalue weighted by Crippen LogP contribution is 2.30. The molecule has 0 unspecified atom stereocenters. The Balaban J connectivity index is 2.44. The molecule has 3 nitrogen and oxygen atoms in total. The molecule has 0 aliphatic carbocycles. The lowest BCUT2D eigenvalue weighted by atomic mass is 10.0. The van der Waals surface area contributed by atoms with E-state index >= 15 is 0 Å². The number of carbonyl (C=O) groups is 1. The molecular formula is C14H10ClFO3. The minimum Gasteiger partial charge on any atom is -0.506 e. The first-order chi connectivity index (χ1) is 9.02. The van der Waals surface area contributed by atoms with Gasteiger partial charge in [0.2, 0.25) is 0 Å². The molecule has 5 heteroatoms. The molecule has 0 atom stereocenters. The maximum atomic E-state index is 13.8. The van der Waals surface area contributed by atoms with Crippen molar-refractivity contribution in [2.75, 3.05) is 7.11 Å². The normalized spacial score (nSPS) is 10.3. The van der Waals surface area contributed by atoms with Gasteiger partial charge in [-0.15, -0.1) is 0 Å². The van der Waals surface area contributed by atoms with Crippen LogP contribution in [-0.4, -0.2) is 18.2 Å². The Kier molecular flexibility index (Phi) is 3.71. The number of hydrogen-bond donors (Lipinski definition) is 1. The van der Waals surface area contributed by atoms with Gasteiger partial charge in [-0.1, -0.05) is 23.7 Å². The highest BCUT2D eigenvalue weighted by atomic mass is 35.5. The summed E-state index contributed by atoms with van der Waals surface area (Å²) in [7, 11) is 1.19. The molecule has 2 aromatic rings. The molecule has 0 amide bonds. The molecule has 0 fully saturated rings. The summed E-state index contributed by atoms with van der Waals surface area (Å²) < 4.78 is 18.2. The lowest BCUT2D eigenvalue weighted by Crippen LogP contribution is -2.04. The topological polar surface area (TPSA) is 46.5 Å². The Morgan fingerprint density at radius 1 is 1.21 bits per heavy atom. The van der Waals surface area contributed by atoms with Gasteiger partial charge >= 0.3 is 5.97 Å². The summed E-state index contributed by atoms with van der Waals surface area (Å²) in [6.45, 7) is 0. The fraction of sp³-hybridized carbons (Fsp3) is 0.0714. The number of ether oxygens (including phenoxy) is 1. The average molecular weight is 281 g/mol. The van der Waals surface area contributed by atoms with Crippen LogP contribution in [0.25, 0.3) is 11.1 Å². The molecule has 2 aromatic carbocycles. The zero-order valence-electron chi connectivity index (χ0n) is 9.98. The Bertz CT molecular complexity index is 641. The fourth-order valence-electron chi connectivity index (χ4n) is 1.66. The highest BCUT2D eigenvalue weighted by Gasteiger charge is 2.13. The number of benzene rings is 2. The number of phenols is 1. The minimum atomic E-state index is -0.729. The van der Waals surface area contributed by atoms with Crippen LogP contribution in [0.3, 0.4) is 0 Å². The van der Waals surface area contributed by atoms with Crippen LogP contribution in [0.4, 0.5) is 4.39 Å². The summed E-state index contributed by atoms with van der Waals surface area (Å²) in [5.41, 5.74) is 1.06. The number of rotatable bonds is 2. The highest BCUT2D eigenvalue weighted by molar-refractivity contribution is 6.32. The van der Waals surface area contributed by atoms with E-state index in [0.717, 1.165) is 0 Å². The Hall–Kier alpha value is -2.07. The van der Waals surface area contributed by atoms with Crippen molar-refractivity contribution in [2.45, 2.75) is 0 Å². The zero-order valence-corrected chi connectivity index (χ0v) is 10.7. The van der Waals surface area contributed by atoms with E-state index in [1.807, 2.05) is 0 Å². The molecule has 19 heavy (non-hydrogen) atoms.